The molecular weight excluding hydrogens is 470 g/mol. The minimum atomic E-state index is -0.910. The number of benzene rings is 3. The summed E-state index contributed by atoms with van der Waals surface area (Å²) in [6, 6.07) is 19.6. The lowest BCUT2D eigenvalue weighted by atomic mass is 9.94. The monoisotopic (exact) mass is 499 g/mol. The zero-order chi connectivity index (χ0) is 26.7. The molecule has 0 aromatic heterocycles. The maximum absolute atomic E-state index is 13.4. The van der Waals surface area contributed by atoms with Gasteiger partial charge in [-0.25, -0.2) is 4.79 Å². The van der Waals surface area contributed by atoms with Gasteiger partial charge in [0.25, 0.3) is 11.7 Å². The number of nitrogens with zero attached hydrogens (tertiary/aromatic N) is 1. The molecule has 0 aliphatic carbocycles. The van der Waals surface area contributed by atoms with Crippen molar-refractivity contribution in [1.82, 2.24) is 0 Å². The number of amides is 1. The van der Waals surface area contributed by atoms with Crippen LogP contribution in [0.1, 0.15) is 53.9 Å². The number of esters is 1. The van der Waals surface area contributed by atoms with Gasteiger partial charge in [0.05, 0.1) is 29.9 Å². The van der Waals surface area contributed by atoms with Crippen LogP contribution in [0.3, 0.4) is 0 Å². The number of ether oxygens (including phenoxy) is 2. The van der Waals surface area contributed by atoms with Gasteiger partial charge < -0.3 is 14.6 Å². The Morgan fingerprint density at radius 1 is 0.973 bits per heavy atom. The van der Waals surface area contributed by atoms with E-state index in [0.717, 1.165) is 5.56 Å². The summed E-state index contributed by atoms with van der Waals surface area (Å²) in [5, 5.41) is 11.4. The van der Waals surface area contributed by atoms with Crippen molar-refractivity contribution in [2.45, 2.75) is 39.8 Å². The Labute approximate surface area is 215 Å². The highest BCUT2D eigenvalue weighted by atomic mass is 16.5. The highest BCUT2D eigenvalue weighted by Crippen LogP contribution is 2.42. The molecule has 1 aliphatic rings. The SMILES string of the molecule is CCOc1cccc(/C(O)=C2\C(=O)C(=O)N(c3cccc(C(=O)OC(C)C)c3)C2c2cccc(C)c2)c1. The minimum absolute atomic E-state index is 0.0422. The molecule has 3 aromatic carbocycles. The van der Waals surface area contributed by atoms with E-state index in [0.29, 0.717) is 29.2 Å². The van der Waals surface area contributed by atoms with E-state index in [9.17, 15) is 19.5 Å². The van der Waals surface area contributed by atoms with Gasteiger partial charge in [-0.15, -0.1) is 0 Å². The lowest BCUT2D eigenvalue weighted by molar-refractivity contribution is -0.132. The second-order valence-electron chi connectivity index (χ2n) is 9.05. The number of carbonyl (C=O) groups is 3. The molecule has 4 rings (SSSR count). The quantitative estimate of drug-likeness (QED) is 0.197. The lowest BCUT2D eigenvalue weighted by Crippen LogP contribution is -2.29. The molecule has 190 valence electrons. The number of anilines is 1. The third kappa shape index (κ3) is 5.26. The van der Waals surface area contributed by atoms with Gasteiger partial charge in [0.2, 0.25) is 0 Å². The number of Topliss-reactive ketones (excluding diaryl/α,β-unsaturated/α-hetero) is 1. The zero-order valence-corrected chi connectivity index (χ0v) is 21.2. The van der Waals surface area contributed by atoms with Crippen LogP contribution in [0.15, 0.2) is 78.4 Å². The standard InChI is InChI=1S/C30H29NO6/c1-5-36-24-14-8-11-21(17-24)27(32)25-26(20-10-6-9-19(4)15-20)31(29(34)28(25)33)23-13-7-12-22(16-23)30(35)37-18(2)3/h6-18,26,32H,5H2,1-4H3/b27-25+. The Kier molecular flexibility index (Phi) is 7.43. The summed E-state index contributed by atoms with van der Waals surface area (Å²) in [6.07, 6.45) is -0.315. The molecule has 1 amide bonds. The molecule has 0 radical (unpaired) electrons. The number of aliphatic hydroxyl groups excluding tert-OH is 1. The largest absolute Gasteiger partial charge is 0.507 e. The maximum atomic E-state index is 13.4. The van der Waals surface area contributed by atoms with Gasteiger partial charge in [0.1, 0.15) is 11.5 Å². The summed E-state index contributed by atoms with van der Waals surface area (Å²) in [7, 11) is 0. The Morgan fingerprint density at radius 3 is 2.38 bits per heavy atom. The number of carbonyl (C=O) groups excluding carboxylic acids is 3. The van der Waals surface area contributed by atoms with Crippen molar-refractivity contribution >= 4 is 29.1 Å². The molecule has 7 heteroatoms. The van der Waals surface area contributed by atoms with Gasteiger partial charge >= 0.3 is 5.97 Å². The second-order valence-corrected chi connectivity index (χ2v) is 9.05. The zero-order valence-electron chi connectivity index (χ0n) is 21.2. The fourth-order valence-electron chi connectivity index (χ4n) is 4.37. The molecule has 1 heterocycles. The summed E-state index contributed by atoms with van der Waals surface area (Å²) in [5.74, 6) is -1.92. The Bertz CT molecular complexity index is 1390. The minimum Gasteiger partial charge on any atom is -0.507 e. The first-order valence-electron chi connectivity index (χ1n) is 12.1. The first-order chi connectivity index (χ1) is 17.7. The van der Waals surface area contributed by atoms with Gasteiger partial charge in [-0.05, 0) is 63.6 Å². The Morgan fingerprint density at radius 2 is 1.68 bits per heavy atom. The molecule has 7 nitrogen and oxygen atoms in total. The fraction of sp³-hybridized carbons (Fsp3) is 0.233. The van der Waals surface area contributed by atoms with Crippen LogP contribution in [0.2, 0.25) is 0 Å². The van der Waals surface area contributed by atoms with Crippen molar-refractivity contribution in [2.24, 2.45) is 0 Å². The van der Waals surface area contributed by atoms with Crippen LogP contribution in [0.5, 0.6) is 5.75 Å². The molecule has 1 aliphatic heterocycles. The number of rotatable bonds is 7. The number of hydrogen-bond acceptors (Lipinski definition) is 6. The molecule has 1 unspecified atom stereocenters. The molecule has 1 N–H and O–H groups in total. The number of aryl methyl sites for hydroxylation is 1. The van der Waals surface area contributed by atoms with E-state index >= 15 is 0 Å². The average Bonchev–Trinajstić information content (AvgIpc) is 3.14. The highest BCUT2D eigenvalue weighted by Gasteiger charge is 2.47. The third-order valence-electron chi connectivity index (χ3n) is 5.92. The van der Waals surface area contributed by atoms with Crippen LogP contribution in [-0.4, -0.2) is 35.5 Å². The molecule has 0 bridgehead atoms. The second kappa shape index (κ2) is 10.7. The molecule has 0 saturated carbocycles. The molecule has 1 atom stereocenters. The van der Waals surface area contributed by atoms with E-state index in [1.165, 1.54) is 11.0 Å². The van der Waals surface area contributed by atoms with E-state index in [4.69, 9.17) is 9.47 Å². The van der Waals surface area contributed by atoms with E-state index in [2.05, 4.69) is 0 Å². The molecule has 1 saturated heterocycles. The van der Waals surface area contributed by atoms with Crippen molar-refractivity contribution in [3.8, 4) is 5.75 Å². The predicted octanol–water partition coefficient (Wildman–Crippen LogP) is 5.59. The molecular formula is C30H29NO6. The summed E-state index contributed by atoms with van der Waals surface area (Å²) in [5.41, 5.74) is 2.48. The van der Waals surface area contributed by atoms with Crippen LogP contribution in [0.4, 0.5) is 5.69 Å². The Balaban J connectivity index is 1.89. The summed E-state index contributed by atoms with van der Waals surface area (Å²) in [4.78, 5) is 40.7. The smallest absolute Gasteiger partial charge is 0.338 e. The molecule has 3 aromatic rings. The van der Waals surface area contributed by atoms with E-state index < -0.39 is 23.7 Å². The van der Waals surface area contributed by atoms with Gasteiger partial charge in [-0.2, -0.15) is 0 Å². The van der Waals surface area contributed by atoms with Crippen LogP contribution < -0.4 is 9.64 Å². The summed E-state index contributed by atoms with van der Waals surface area (Å²) >= 11 is 0. The Hall–Kier alpha value is -4.39. The first-order valence-corrected chi connectivity index (χ1v) is 12.1. The van der Waals surface area contributed by atoms with Gasteiger partial charge in [-0.1, -0.05) is 48.0 Å². The number of hydrogen-bond donors (Lipinski definition) is 1. The maximum Gasteiger partial charge on any atom is 0.338 e. The van der Waals surface area contributed by atoms with Crippen LogP contribution in [0, 0.1) is 6.92 Å². The highest BCUT2D eigenvalue weighted by molar-refractivity contribution is 6.51. The fourth-order valence-corrected chi connectivity index (χ4v) is 4.37. The topological polar surface area (TPSA) is 93.1 Å². The van der Waals surface area contributed by atoms with Gasteiger partial charge in [0, 0.05) is 11.3 Å². The number of ketones is 1. The molecule has 0 spiro atoms. The van der Waals surface area contributed by atoms with Gasteiger partial charge in [-0.3, -0.25) is 14.5 Å². The summed E-state index contributed by atoms with van der Waals surface area (Å²) < 4.78 is 10.9. The molecule has 37 heavy (non-hydrogen) atoms. The first kappa shape index (κ1) is 25.7. The van der Waals surface area contributed by atoms with E-state index in [-0.39, 0.29) is 23.0 Å². The predicted molar refractivity (Wildman–Crippen MR) is 141 cm³/mol. The van der Waals surface area contributed by atoms with Gasteiger partial charge in [0.15, 0.2) is 0 Å². The van der Waals surface area contributed by atoms with E-state index in [1.54, 1.807) is 62.4 Å². The molecule has 1 fully saturated rings. The van der Waals surface area contributed by atoms with Crippen molar-refractivity contribution in [3.05, 3.63) is 101 Å². The third-order valence-corrected chi connectivity index (χ3v) is 5.92. The van der Waals surface area contributed by atoms with Crippen molar-refractivity contribution < 1.29 is 29.0 Å². The van der Waals surface area contributed by atoms with E-state index in [1.807, 2.05) is 32.0 Å². The lowest BCUT2D eigenvalue weighted by Gasteiger charge is -2.26. The number of aliphatic hydroxyl groups is 1. The van der Waals surface area contributed by atoms with Crippen molar-refractivity contribution in [3.63, 3.8) is 0 Å². The van der Waals surface area contributed by atoms with Crippen LogP contribution in [-0.2, 0) is 14.3 Å². The van der Waals surface area contributed by atoms with Crippen molar-refractivity contribution in [1.29, 1.82) is 0 Å². The average molecular weight is 500 g/mol. The summed E-state index contributed by atoms with van der Waals surface area (Å²) in [6.45, 7) is 7.69. The van der Waals surface area contributed by atoms with Crippen LogP contribution in [0.25, 0.3) is 5.76 Å². The van der Waals surface area contributed by atoms with Crippen molar-refractivity contribution in [2.75, 3.05) is 11.5 Å². The van der Waals surface area contributed by atoms with Crippen LogP contribution >= 0.6 is 0 Å². The normalized spacial score (nSPS) is 16.8.